The van der Waals surface area contributed by atoms with Gasteiger partial charge in [-0.25, -0.2) is 4.39 Å². The SMILES string of the molecule is CCCN(CC(NCC)c1ccccc1F)C1CC1. The van der Waals surface area contributed by atoms with E-state index in [1.807, 2.05) is 12.1 Å². The lowest BCUT2D eigenvalue weighted by Gasteiger charge is -2.28. The molecule has 19 heavy (non-hydrogen) atoms. The van der Waals surface area contributed by atoms with Gasteiger partial charge in [0.25, 0.3) is 0 Å². The van der Waals surface area contributed by atoms with Gasteiger partial charge in [0.2, 0.25) is 0 Å². The molecule has 0 spiro atoms. The van der Waals surface area contributed by atoms with E-state index in [0.717, 1.165) is 37.7 Å². The van der Waals surface area contributed by atoms with Crippen molar-refractivity contribution in [2.24, 2.45) is 0 Å². The summed E-state index contributed by atoms with van der Waals surface area (Å²) < 4.78 is 14.0. The van der Waals surface area contributed by atoms with Crippen LogP contribution in [-0.4, -0.2) is 30.6 Å². The molecule has 0 heterocycles. The van der Waals surface area contributed by atoms with E-state index in [1.54, 1.807) is 12.1 Å². The summed E-state index contributed by atoms with van der Waals surface area (Å²) in [5.74, 6) is -0.0966. The number of hydrogen-bond acceptors (Lipinski definition) is 2. The number of hydrogen-bond donors (Lipinski definition) is 1. The van der Waals surface area contributed by atoms with Crippen molar-refractivity contribution in [3.05, 3.63) is 35.6 Å². The van der Waals surface area contributed by atoms with E-state index in [2.05, 4.69) is 24.1 Å². The molecule has 0 saturated heterocycles. The molecule has 1 aromatic rings. The van der Waals surface area contributed by atoms with Crippen molar-refractivity contribution < 1.29 is 4.39 Å². The maximum Gasteiger partial charge on any atom is 0.128 e. The number of halogens is 1. The zero-order valence-corrected chi connectivity index (χ0v) is 12.0. The molecule has 1 fully saturated rings. The number of benzene rings is 1. The Bertz CT molecular complexity index is 390. The highest BCUT2D eigenvalue weighted by Crippen LogP contribution is 2.29. The maximum absolute atomic E-state index is 14.0. The molecule has 2 rings (SSSR count). The van der Waals surface area contributed by atoms with E-state index in [9.17, 15) is 4.39 Å². The third-order valence-corrected chi connectivity index (χ3v) is 3.72. The standard InChI is InChI=1S/C16H25FN2/c1-3-11-19(13-9-10-13)12-16(18-4-2)14-7-5-6-8-15(14)17/h5-8,13,16,18H,3-4,9-12H2,1-2H3. The van der Waals surface area contributed by atoms with Gasteiger partial charge in [0.1, 0.15) is 5.82 Å². The summed E-state index contributed by atoms with van der Waals surface area (Å²) in [5.41, 5.74) is 0.797. The second-order valence-electron chi connectivity index (χ2n) is 5.36. The van der Waals surface area contributed by atoms with Gasteiger partial charge in [-0.2, -0.15) is 0 Å². The molecular formula is C16H25FN2. The van der Waals surface area contributed by atoms with Crippen molar-refractivity contribution in [1.29, 1.82) is 0 Å². The molecule has 3 heteroatoms. The molecule has 1 atom stereocenters. The van der Waals surface area contributed by atoms with Crippen LogP contribution in [0, 0.1) is 5.82 Å². The van der Waals surface area contributed by atoms with E-state index >= 15 is 0 Å². The van der Waals surface area contributed by atoms with Crippen LogP contribution >= 0.6 is 0 Å². The Kier molecular flexibility index (Phi) is 5.34. The van der Waals surface area contributed by atoms with Crippen LogP contribution in [0.4, 0.5) is 4.39 Å². The predicted octanol–water partition coefficient (Wildman–Crippen LogP) is 3.35. The third kappa shape index (κ3) is 4.02. The Balaban J connectivity index is 2.08. The monoisotopic (exact) mass is 264 g/mol. The predicted molar refractivity (Wildman–Crippen MR) is 77.7 cm³/mol. The molecule has 1 aliphatic rings. The first-order valence-electron chi connectivity index (χ1n) is 7.48. The molecule has 1 aliphatic carbocycles. The lowest BCUT2D eigenvalue weighted by atomic mass is 10.1. The molecule has 0 aromatic heterocycles. The summed E-state index contributed by atoms with van der Waals surface area (Å²) in [6.45, 7) is 7.17. The van der Waals surface area contributed by atoms with Gasteiger partial charge in [0, 0.05) is 24.2 Å². The summed E-state index contributed by atoms with van der Waals surface area (Å²) in [5, 5.41) is 3.43. The smallest absolute Gasteiger partial charge is 0.128 e. The van der Waals surface area contributed by atoms with Crippen LogP contribution < -0.4 is 5.32 Å². The van der Waals surface area contributed by atoms with Crippen LogP contribution in [0.2, 0.25) is 0 Å². The van der Waals surface area contributed by atoms with Crippen molar-refractivity contribution in [2.75, 3.05) is 19.6 Å². The van der Waals surface area contributed by atoms with Gasteiger partial charge < -0.3 is 5.32 Å². The molecule has 0 bridgehead atoms. The second kappa shape index (κ2) is 7.01. The van der Waals surface area contributed by atoms with Crippen molar-refractivity contribution in [1.82, 2.24) is 10.2 Å². The summed E-state index contributed by atoms with van der Waals surface area (Å²) in [7, 11) is 0. The number of nitrogens with zero attached hydrogens (tertiary/aromatic N) is 1. The van der Waals surface area contributed by atoms with Gasteiger partial charge in [-0.3, -0.25) is 4.90 Å². The fourth-order valence-corrected chi connectivity index (χ4v) is 2.66. The zero-order chi connectivity index (χ0) is 13.7. The van der Waals surface area contributed by atoms with Gasteiger partial charge >= 0.3 is 0 Å². The summed E-state index contributed by atoms with van der Waals surface area (Å²) in [4.78, 5) is 2.51. The van der Waals surface area contributed by atoms with Crippen molar-refractivity contribution in [3.8, 4) is 0 Å². The van der Waals surface area contributed by atoms with Crippen molar-refractivity contribution in [3.63, 3.8) is 0 Å². The van der Waals surface area contributed by atoms with Gasteiger partial charge in [-0.1, -0.05) is 32.0 Å². The topological polar surface area (TPSA) is 15.3 Å². The molecular weight excluding hydrogens is 239 g/mol. The Morgan fingerprint density at radius 3 is 2.63 bits per heavy atom. The largest absolute Gasteiger partial charge is 0.309 e. The highest BCUT2D eigenvalue weighted by atomic mass is 19.1. The summed E-state index contributed by atoms with van der Waals surface area (Å²) >= 11 is 0. The van der Waals surface area contributed by atoms with Gasteiger partial charge in [-0.05, 0) is 38.4 Å². The Labute approximate surface area is 116 Å². The van der Waals surface area contributed by atoms with Crippen LogP contribution in [0.5, 0.6) is 0 Å². The first kappa shape index (κ1) is 14.5. The van der Waals surface area contributed by atoms with E-state index in [4.69, 9.17) is 0 Å². The number of likely N-dealkylation sites (N-methyl/N-ethyl adjacent to an activating group) is 1. The lowest BCUT2D eigenvalue weighted by Crippen LogP contribution is -2.37. The van der Waals surface area contributed by atoms with Crippen molar-refractivity contribution >= 4 is 0 Å². The number of nitrogens with one attached hydrogen (secondary N) is 1. The number of rotatable bonds is 8. The molecule has 1 saturated carbocycles. The van der Waals surface area contributed by atoms with Crippen LogP contribution in [0.25, 0.3) is 0 Å². The zero-order valence-electron chi connectivity index (χ0n) is 12.0. The van der Waals surface area contributed by atoms with Gasteiger partial charge in [0.15, 0.2) is 0 Å². The van der Waals surface area contributed by atoms with Gasteiger partial charge in [0.05, 0.1) is 0 Å². The first-order valence-corrected chi connectivity index (χ1v) is 7.48. The molecule has 0 amide bonds. The van der Waals surface area contributed by atoms with Crippen LogP contribution in [0.1, 0.15) is 44.7 Å². The normalized spacial score (nSPS) is 16.8. The highest BCUT2D eigenvalue weighted by molar-refractivity contribution is 5.21. The Morgan fingerprint density at radius 2 is 2.05 bits per heavy atom. The molecule has 1 unspecified atom stereocenters. The van der Waals surface area contributed by atoms with E-state index in [-0.39, 0.29) is 11.9 Å². The van der Waals surface area contributed by atoms with E-state index in [1.165, 1.54) is 12.8 Å². The Morgan fingerprint density at radius 1 is 1.32 bits per heavy atom. The maximum atomic E-state index is 14.0. The summed E-state index contributed by atoms with van der Waals surface area (Å²) in [6.07, 6.45) is 3.76. The summed E-state index contributed by atoms with van der Waals surface area (Å²) in [6, 6.07) is 7.96. The molecule has 2 nitrogen and oxygen atoms in total. The Hall–Kier alpha value is -0.930. The average molecular weight is 264 g/mol. The minimum atomic E-state index is -0.0966. The van der Waals surface area contributed by atoms with Gasteiger partial charge in [-0.15, -0.1) is 0 Å². The second-order valence-corrected chi connectivity index (χ2v) is 5.36. The van der Waals surface area contributed by atoms with Crippen LogP contribution in [-0.2, 0) is 0 Å². The fraction of sp³-hybridized carbons (Fsp3) is 0.625. The van der Waals surface area contributed by atoms with E-state index in [0.29, 0.717) is 0 Å². The molecule has 1 N–H and O–H groups in total. The van der Waals surface area contributed by atoms with Crippen LogP contribution in [0.3, 0.4) is 0 Å². The minimum absolute atomic E-state index is 0.0957. The molecule has 106 valence electrons. The first-order chi connectivity index (χ1) is 9.26. The van der Waals surface area contributed by atoms with E-state index < -0.39 is 0 Å². The molecule has 1 aromatic carbocycles. The quantitative estimate of drug-likeness (QED) is 0.774. The van der Waals surface area contributed by atoms with Crippen molar-refractivity contribution in [2.45, 2.75) is 45.2 Å². The lowest BCUT2D eigenvalue weighted by molar-refractivity contribution is 0.232. The fourth-order valence-electron chi connectivity index (χ4n) is 2.66. The average Bonchev–Trinajstić information content (AvgIpc) is 3.22. The third-order valence-electron chi connectivity index (χ3n) is 3.72. The van der Waals surface area contributed by atoms with Crippen LogP contribution in [0.15, 0.2) is 24.3 Å². The molecule has 0 radical (unpaired) electrons. The molecule has 0 aliphatic heterocycles. The highest BCUT2D eigenvalue weighted by Gasteiger charge is 2.30. The minimum Gasteiger partial charge on any atom is -0.309 e.